The minimum absolute atomic E-state index is 0.101. The van der Waals surface area contributed by atoms with Crippen molar-refractivity contribution in [1.82, 2.24) is 15.5 Å². The van der Waals surface area contributed by atoms with E-state index in [2.05, 4.69) is 26.6 Å². The van der Waals surface area contributed by atoms with Crippen molar-refractivity contribution in [2.45, 2.75) is 44.4 Å². The molecule has 2 aliphatic rings. The Morgan fingerprint density at radius 2 is 1.79 bits per heavy atom. The third-order valence-electron chi connectivity index (χ3n) is 5.96. The lowest BCUT2D eigenvalue weighted by Crippen LogP contribution is -2.51. The molecular weight excluding hydrogens is 426 g/mol. The fourth-order valence-electron chi connectivity index (χ4n) is 4.09. The van der Waals surface area contributed by atoms with Gasteiger partial charge in [-0.15, -0.1) is 0 Å². The highest BCUT2D eigenvalue weighted by molar-refractivity contribution is 9.10. The predicted molar refractivity (Wildman–Crippen MR) is 108 cm³/mol. The van der Waals surface area contributed by atoms with Crippen molar-refractivity contribution in [2.24, 2.45) is 5.41 Å². The SMILES string of the molecule is C[C@H](NC(=O)[C@H](O)[C@@H](O)C(=O)N1CCC2(CCNCC2)C1)c1ccc(Br)cc1. The van der Waals surface area contributed by atoms with Crippen LogP contribution in [-0.4, -0.2) is 65.3 Å². The highest BCUT2D eigenvalue weighted by Gasteiger charge is 2.43. The first-order valence-corrected chi connectivity index (χ1v) is 10.5. The summed E-state index contributed by atoms with van der Waals surface area (Å²) < 4.78 is 0.924. The lowest BCUT2D eigenvalue weighted by Gasteiger charge is -2.34. The average molecular weight is 454 g/mol. The lowest BCUT2D eigenvalue weighted by atomic mass is 9.78. The Labute approximate surface area is 173 Å². The number of rotatable bonds is 5. The van der Waals surface area contributed by atoms with Gasteiger partial charge in [0.2, 0.25) is 0 Å². The molecule has 0 unspecified atom stereocenters. The maximum atomic E-state index is 12.6. The van der Waals surface area contributed by atoms with E-state index in [1.165, 1.54) is 0 Å². The van der Waals surface area contributed by atoms with E-state index in [1.807, 2.05) is 24.3 Å². The molecule has 2 amide bonds. The molecular formula is C20H28BrN3O4. The minimum Gasteiger partial charge on any atom is -0.380 e. The number of carbonyl (C=O) groups excluding carboxylic acids is 2. The number of benzene rings is 1. The monoisotopic (exact) mass is 453 g/mol. The highest BCUT2D eigenvalue weighted by Crippen LogP contribution is 2.38. The van der Waals surface area contributed by atoms with Crippen molar-refractivity contribution in [3.05, 3.63) is 34.3 Å². The largest absolute Gasteiger partial charge is 0.380 e. The Hall–Kier alpha value is -1.48. The second-order valence-electron chi connectivity index (χ2n) is 7.93. The van der Waals surface area contributed by atoms with Gasteiger partial charge in [-0.3, -0.25) is 9.59 Å². The first-order valence-electron chi connectivity index (χ1n) is 9.73. The van der Waals surface area contributed by atoms with Gasteiger partial charge in [0.15, 0.2) is 12.2 Å². The molecule has 0 saturated carbocycles. The van der Waals surface area contributed by atoms with Crippen LogP contribution in [0.15, 0.2) is 28.7 Å². The van der Waals surface area contributed by atoms with Crippen LogP contribution in [-0.2, 0) is 9.59 Å². The van der Waals surface area contributed by atoms with E-state index in [1.54, 1.807) is 11.8 Å². The maximum absolute atomic E-state index is 12.6. The summed E-state index contributed by atoms with van der Waals surface area (Å²) in [4.78, 5) is 26.6. The topological polar surface area (TPSA) is 102 Å². The van der Waals surface area contributed by atoms with E-state index >= 15 is 0 Å². The summed E-state index contributed by atoms with van der Waals surface area (Å²) in [7, 11) is 0. The third-order valence-corrected chi connectivity index (χ3v) is 6.49. The van der Waals surface area contributed by atoms with E-state index in [4.69, 9.17) is 0 Å². The number of aliphatic hydroxyl groups is 2. The number of piperidine rings is 1. The second kappa shape index (κ2) is 8.90. The van der Waals surface area contributed by atoms with Crippen molar-refractivity contribution in [3.63, 3.8) is 0 Å². The van der Waals surface area contributed by atoms with Crippen LogP contribution in [0.4, 0.5) is 0 Å². The van der Waals surface area contributed by atoms with E-state index in [-0.39, 0.29) is 11.5 Å². The number of halogens is 1. The minimum atomic E-state index is -1.80. The van der Waals surface area contributed by atoms with Gasteiger partial charge < -0.3 is 25.7 Å². The van der Waals surface area contributed by atoms with Crippen LogP contribution in [0.1, 0.15) is 37.8 Å². The van der Waals surface area contributed by atoms with Crippen molar-refractivity contribution in [1.29, 1.82) is 0 Å². The molecule has 154 valence electrons. The quantitative estimate of drug-likeness (QED) is 0.531. The molecule has 1 aromatic carbocycles. The number of nitrogens with one attached hydrogen (secondary N) is 2. The third kappa shape index (κ3) is 4.74. The predicted octanol–water partition coefficient (Wildman–Crippen LogP) is 0.950. The smallest absolute Gasteiger partial charge is 0.254 e. The molecule has 28 heavy (non-hydrogen) atoms. The zero-order valence-electron chi connectivity index (χ0n) is 16.0. The normalized spacial score (nSPS) is 21.9. The van der Waals surface area contributed by atoms with Crippen molar-refractivity contribution in [2.75, 3.05) is 26.2 Å². The summed E-state index contributed by atoms with van der Waals surface area (Å²) in [5.74, 6) is -1.33. The van der Waals surface area contributed by atoms with Crippen LogP contribution in [0.25, 0.3) is 0 Å². The van der Waals surface area contributed by atoms with Crippen LogP contribution in [0.5, 0.6) is 0 Å². The van der Waals surface area contributed by atoms with Crippen molar-refractivity contribution < 1.29 is 19.8 Å². The molecule has 3 rings (SSSR count). The summed E-state index contributed by atoms with van der Waals surface area (Å²) in [6, 6.07) is 7.06. The number of hydrogen-bond donors (Lipinski definition) is 4. The highest BCUT2D eigenvalue weighted by atomic mass is 79.9. The summed E-state index contributed by atoms with van der Waals surface area (Å²) >= 11 is 3.36. The van der Waals surface area contributed by atoms with Crippen LogP contribution in [0.2, 0.25) is 0 Å². The molecule has 4 N–H and O–H groups in total. The molecule has 2 heterocycles. The van der Waals surface area contributed by atoms with Crippen LogP contribution < -0.4 is 10.6 Å². The maximum Gasteiger partial charge on any atom is 0.254 e. The molecule has 7 nitrogen and oxygen atoms in total. The molecule has 0 aromatic heterocycles. The van der Waals surface area contributed by atoms with Gasteiger partial charge in [0, 0.05) is 17.6 Å². The number of aliphatic hydroxyl groups excluding tert-OH is 2. The van der Waals surface area contributed by atoms with Crippen LogP contribution >= 0.6 is 15.9 Å². The zero-order chi connectivity index (χ0) is 20.3. The molecule has 3 atom stereocenters. The second-order valence-corrected chi connectivity index (χ2v) is 8.85. The van der Waals surface area contributed by atoms with E-state index in [0.717, 1.165) is 42.4 Å². The first kappa shape index (κ1) is 21.2. The zero-order valence-corrected chi connectivity index (χ0v) is 17.6. The molecule has 1 spiro atoms. The molecule has 0 radical (unpaired) electrons. The first-order chi connectivity index (χ1) is 13.3. The van der Waals surface area contributed by atoms with Gasteiger partial charge in [-0.05, 0) is 62.4 Å². The number of hydrogen-bond acceptors (Lipinski definition) is 5. The molecule has 2 aliphatic heterocycles. The molecule has 1 aromatic rings. The van der Waals surface area contributed by atoms with Gasteiger partial charge in [0.25, 0.3) is 11.8 Å². The molecule has 2 saturated heterocycles. The molecule has 2 fully saturated rings. The van der Waals surface area contributed by atoms with E-state index < -0.39 is 24.0 Å². The Morgan fingerprint density at radius 1 is 1.14 bits per heavy atom. The summed E-state index contributed by atoms with van der Waals surface area (Å²) in [6.07, 6.45) is -0.652. The average Bonchev–Trinajstić information content (AvgIpc) is 3.10. The molecule has 0 aliphatic carbocycles. The van der Waals surface area contributed by atoms with Crippen molar-refractivity contribution in [3.8, 4) is 0 Å². The number of nitrogens with zero attached hydrogens (tertiary/aromatic N) is 1. The van der Waals surface area contributed by atoms with E-state index in [0.29, 0.717) is 13.1 Å². The Bertz CT molecular complexity index is 706. The molecule has 0 bridgehead atoms. The van der Waals surface area contributed by atoms with Gasteiger partial charge in [0.05, 0.1) is 6.04 Å². The Kier molecular flexibility index (Phi) is 6.75. The van der Waals surface area contributed by atoms with Crippen LogP contribution in [0, 0.1) is 5.41 Å². The summed E-state index contributed by atoms with van der Waals surface area (Å²) in [6.45, 7) is 4.78. The molecule has 8 heteroatoms. The number of likely N-dealkylation sites (tertiary alicyclic amines) is 1. The fraction of sp³-hybridized carbons (Fsp3) is 0.600. The van der Waals surface area contributed by atoms with Gasteiger partial charge >= 0.3 is 0 Å². The van der Waals surface area contributed by atoms with Crippen LogP contribution in [0.3, 0.4) is 0 Å². The standard InChI is InChI=1S/C20H28BrN3O4/c1-13(14-2-4-15(21)5-3-14)23-18(27)16(25)17(26)19(28)24-11-8-20(12-24)6-9-22-10-7-20/h2-5,13,16-17,22,25-26H,6-12H2,1H3,(H,23,27)/t13-,16+,17+/m0/s1. The number of carbonyl (C=O) groups is 2. The van der Waals surface area contributed by atoms with Gasteiger partial charge in [-0.2, -0.15) is 0 Å². The van der Waals surface area contributed by atoms with Gasteiger partial charge in [0.1, 0.15) is 0 Å². The van der Waals surface area contributed by atoms with Gasteiger partial charge in [-0.25, -0.2) is 0 Å². The number of amides is 2. The Morgan fingerprint density at radius 3 is 2.43 bits per heavy atom. The van der Waals surface area contributed by atoms with Crippen molar-refractivity contribution >= 4 is 27.7 Å². The lowest BCUT2D eigenvalue weighted by molar-refractivity contribution is -0.152. The van der Waals surface area contributed by atoms with E-state index in [9.17, 15) is 19.8 Å². The van der Waals surface area contributed by atoms with Gasteiger partial charge in [-0.1, -0.05) is 28.1 Å². The fourth-order valence-corrected chi connectivity index (χ4v) is 4.35. The summed E-state index contributed by atoms with van der Waals surface area (Å²) in [5, 5.41) is 26.5. The summed E-state index contributed by atoms with van der Waals surface area (Å²) in [5.41, 5.74) is 0.959. The Balaban J connectivity index is 1.55.